The molecule has 1 rings (SSSR count). The number of likely N-dealkylation sites (N-methyl/N-ethyl adjacent to an activating group) is 1. The molecule has 0 spiro atoms. The van der Waals surface area contributed by atoms with Crippen LogP contribution in [0.4, 0.5) is 5.69 Å². The Morgan fingerprint density at radius 1 is 1.53 bits per heavy atom. The van der Waals surface area contributed by atoms with Gasteiger partial charge < -0.3 is 14.7 Å². The lowest BCUT2D eigenvalue weighted by atomic mass is 10.1. The van der Waals surface area contributed by atoms with Crippen molar-refractivity contribution >= 4 is 11.6 Å². The van der Waals surface area contributed by atoms with Crippen LogP contribution >= 0.6 is 0 Å². The van der Waals surface area contributed by atoms with Gasteiger partial charge in [0.2, 0.25) is 0 Å². The predicted octanol–water partition coefficient (Wildman–Crippen LogP) is 1.06. The first-order valence-corrected chi connectivity index (χ1v) is 5.78. The molecule has 1 amide bonds. The summed E-state index contributed by atoms with van der Waals surface area (Å²) in [4.78, 5) is 24.0. The van der Waals surface area contributed by atoms with Crippen molar-refractivity contribution in [3.05, 3.63) is 33.9 Å². The van der Waals surface area contributed by atoms with Crippen LogP contribution in [-0.4, -0.2) is 47.6 Å². The highest BCUT2D eigenvalue weighted by Gasteiger charge is 2.27. The fourth-order valence-corrected chi connectivity index (χ4v) is 1.74. The van der Waals surface area contributed by atoms with E-state index in [0.29, 0.717) is 6.54 Å². The Labute approximate surface area is 110 Å². The van der Waals surface area contributed by atoms with Crippen LogP contribution in [-0.2, 0) is 0 Å². The van der Waals surface area contributed by atoms with E-state index in [1.165, 1.54) is 30.2 Å². The lowest BCUT2D eigenvalue weighted by molar-refractivity contribution is -0.385. The number of aliphatic hydroxyl groups excluding tert-OH is 1. The lowest BCUT2D eigenvalue weighted by Gasteiger charge is -2.20. The van der Waals surface area contributed by atoms with Crippen molar-refractivity contribution in [1.82, 2.24) is 4.90 Å². The van der Waals surface area contributed by atoms with Gasteiger partial charge in [0.1, 0.15) is 5.75 Å². The van der Waals surface area contributed by atoms with Crippen molar-refractivity contribution in [2.24, 2.45) is 0 Å². The Hall–Kier alpha value is -2.15. The van der Waals surface area contributed by atoms with E-state index in [1.54, 1.807) is 6.92 Å². The van der Waals surface area contributed by atoms with E-state index in [2.05, 4.69) is 0 Å². The second-order valence-electron chi connectivity index (χ2n) is 3.72. The van der Waals surface area contributed by atoms with Crippen molar-refractivity contribution in [1.29, 1.82) is 0 Å². The van der Waals surface area contributed by atoms with E-state index in [1.807, 2.05) is 0 Å². The fourth-order valence-electron chi connectivity index (χ4n) is 1.74. The molecule has 19 heavy (non-hydrogen) atoms. The third kappa shape index (κ3) is 3.19. The van der Waals surface area contributed by atoms with Crippen LogP contribution in [0, 0.1) is 10.1 Å². The predicted molar refractivity (Wildman–Crippen MR) is 68.3 cm³/mol. The fraction of sp³-hybridized carbons (Fsp3) is 0.417. The van der Waals surface area contributed by atoms with Crippen LogP contribution in [0.3, 0.4) is 0 Å². The van der Waals surface area contributed by atoms with Gasteiger partial charge in [-0.05, 0) is 13.0 Å². The molecule has 7 nitrogen and oxygen atoms in total. The van der Waals surface area contributed by atoms with E-state index in [-0.39, 0.29) is 30.2 Å². The minimum atomic E-state index is -0.622. The highest BCUT2D eigenvalue weighted by Crippen LogP contribution is 2.29. The van der Waals surface area contributed by atoms with Gasteiger partial charge in [0.25, 0.3) is 11.6 Å². The van der Waals surface area contributed by atoms with Gasteiger partial charge in [-0.1, -0.05) is 6.07 Å². The first kappa shape index (κ1) is 14.9. The molecule has 0 aliphatic heterocycles. The molecule has 0 aliphatic carbocycles. The second kappa shape index (κ2) is 6.69. The van der Waals surface area contributed by atoms with Gasteiger partial charge in [-0.2, -0.15) is 0 Å². The lowest BCUT2D eigenvalue weighted by Crippen LogP contribution is -2.34. The molecular weight excluding hydrogens is 252 g/mol. The molecule has 0 aliphatic rings. The Morgan fingerprint density at radius 3 is 2.68 bits per heavy atom. The monoisotopic (exact) mass is 268 g/mol. The molecule has 0 bridgehead atoms. The molecular formula is C12H16N2O5. The molecule has 0 radical (unpaired) electrons. The largest absolute Gasteiger partial charge is 0.496 e. The number of nitrogens with zero attached hydrogens (tertiary/aromatic N) is 2. The number of hydrogen-bond donors (Lipinski definition) is 1. The maximum Gasteiger partial charge on any atom is 0.285 e. The standard InChI is InChI=1S/C12H16N2O5/c1-3-13(7-8-15)12(16)11-9(14(17)18)5-4-6-10(11)19-2/h4-6,15H,3,7-8H2,1-2H3. The van der Waals surface area contributed by atoms with E-state index in [0.717, 1.165) is 0 Å². The summed E-state index contributed by atoms with van der Waals surface area (Å²) in [6.07, 6.45) is 0. The zero-order valence-electron chi connectivity index (χ0n) is 10.8. The zero-order chi connectivity index (χ0) is 14.4. The van der Waals surface area contributed by atoms with E-state index in [9.17, 15) is 14.9 Å². The third-order valence-corrected chi connectivity index (χ3v) is 2.67. The number of nitro benzene ring substituents is 1. The Kier molecular flexibility index (Phi) is 5.25. The number of carbonyl (C=O) groups excluding carboxylic acids is 1. The number of aliphatic hydroxyl groups is 1. The quantitative estimate of drug-likeness (QED) is 0.615. The van der Waals surface area contributed by atoms with E-state index >= 15 is 0 Å². The number of amides is 1. The van der Waals surface area contributed by atoms with Crippen LogP contribution in [0.5, 0.6) is 5.75 Å². The molecule has 104 valence electrons. The molecule has 0 heterocycles. The molecule has 1 N–H and O–H groups in total. The Balaban J connectivity index is 3.30. The molecule has 0 atom stereocenters. The summed E-state index contributed by atoms with van der Waals surface area (Å²) in [6, 6.07) is 4.20. The number of benzene rings is 1. The van der Waals surface area contributed by atoms with Crippen LogP contribution in [0.2, 0.25) is 0 Å². The highest BCUT2D eigenvalue weighted by atomic mass is 16.6. The molecule has 0 saturated heterocycles. The molecule has 0 saturated carbocycles. The van der Waals surface area contributed by atoms with Gasteiger partial charge in [0.05, 0.1) is 18.6 Å². The number of hydrogen-bond acceptors (Lipinski definition) is 5. The number of nitro groups is 1. The maximum absolute atomic E-state index is 12.3. The number of carbonyl (C=O) groups is 1. The average Bonchev–Trinajstić information content (AvgIpc) is 2.42. The molecule has 1 aromatic carbocycles. The summed E-state index contributed by atoms with van der Waals surface area (Å²) in [7, 11) is 1.35. The summed E-state index contributed by atoms with van der Waals surface area (Å²) < 4.78 is 5.02. The second-order valence-corrected chi connectivity index (χ2v) is 3.72. The van der Waals surface area contributed by atoms with Crippen molar-refractivity contribution in [2.45, 2.75) is 6.92 Å². The van der Waals surface area contributed by atoms with Gasteiger partial charge in [0.15, 0.2) is 5.56 Å². The SMILES string of the molecule is CCN(CCO)C(=O)c1c(OC)cccc1[N+](=O)[O-]. The Bertz CT molecular complexity index is 475. The first-order chi connectivity index (χ1) is 9.06. The summed E-state index contributed by atoms with van der Waals surface area (Å²) in [5.74, 6) is -0.378. The van der Waals surface area contributed by atoms with E-state index < -0.39 is 10.8 Å². The van der Waals surface area contributed by atoms with Gasteiger partial charge in [0, 0.05) is 19.2 Å². The van der Waals surface area contributed by atoms with Crippen LogP contribution in [0.1, 0.15) is 17.3 Å². The Morgan fingerprint density at radius 2 is 2.21 bits per heavy atom. The number of rotatable bonds is 6. The summed E-state index contributed by atoms with van der Waals surface area (Å²) >= 11 is 0. The summed E-state index contributed by atoms with van der Waals surface area (Å²) in [6.45, 7) is 1.98. The topological polar surface area (TPSA) is 92.9 Å². The van der Waals surface area contributed by atoms with Crippen LogP contribution < -0.4 is 4.74 Å². The average molecular weight is 268 g/mol. The molecule has 0 unspecified atom stereocenters. The normalized spacial score (nSPS) is 10.1. The summed E-state index contributed by atoms with van der Waals surface area (Å²) in [5.41, 5.74) is -0.397. The molecule has 7 heteroatoms. The van der Waals surface area contributed by atoms with Gasteiger partial charge in [-0.25, -0.2) is 0 Å². The zero-order valence-corrected chi connectivity index (χ0v) is 10.8. The number of ether oxygens (including phenoxy) is 1. The van der Waals surface area contributed by atoms with Crippen molar-refractivity contribution in [3.63, 3.8) is 0 Å². The van der Waals surface area contributed by atoms with Crippen molar-refractivity contribution in [3.8, 4) is 5.75 Å². The third-order valence-electron chi connectivity index (χ3n) is 2.67. The minimum Gasteiger partial charge on any atom is -0.496 e. The highest BCUT2D eigenvalue weighted by molar-refractivity contribution is 6.00. The minimum absolute atomic E-state index is 0.0923. The van der Waals surface area contributed by atoms with Gasteiger partial charge >= 0.3 is 0 Å². The van der Waals surface area contributed by atoms with Gasteiger partial charge in [-0.15, -0.1) is 0 Å². The first-order valence-electron chi connectivity index (χ1n) is 5.78. The molecule has 1 aromatic rings. The molecule has 0 fully saturated rings. The molecule has 0 aromatic heterocycles. The smallest absolute Gasteiger partial charge is 0.285 e. The van der Waals surface area contributed by atoms with Crippen molar-refractivity contribution < 1.29 is 19.6 Å². The van der Waals surface area contributed by atoms with Crippen LogP contribution in [0.25, 0.3) is 0 Å². The summed E-state index contributed by atoms with van der Waals surface area (Å²) in [5, 5.41) is 19.9. The van der Waals surface area contributed by atoms with Gasteiger partial charge in [-0.3, -0.25) is 14.9 Å². The van der Waals surface area contributed by atoms with Crippen LogP contribution in [0.15, 0.2) is 18.2 Å². The van der Waals surface area contributed by atoms with E-state index in [4.69, 9.17) is 9.84 Å². The maximum atomic E-state index is 12.3. The van der Waals surface area contributed by atoms with Crippen molar-refractivity contribution in [2.75, 3.05) is 26.8 Å². The number of methoxy groups -OCH3 is 1.